The summed E-state index contributed by atoms with van der Waals surface area (Å²) in [5.41, 5.74) is 0. The van der Waals surface area contributed by atoms with E-state index in [1.807, 2.05) is 0 Å². The largest absolute Gasteiger partial charge is 1.00 e. The minimum absolute atomic E-state index is 0. The van der Waals surface area contributed by atoms with Gasteiger partial charge in [-0.2, -0.15) is 0 Å². The molecular weight excluding hydrogens is 276 g/mol. The fourth-order valence-electron chi connectivity index (χ4n) is 0. The minimum Gasteiger partial charge on any atom is 1.00 e. The third-order valence-corrected chi connectivity index (χ3v) is 0. The molecule has 0 heterocycles. The van der Waals surface area contributed by atoms with Crippen LogP contribution in [-0.2, 0) is 15.9 Å². The first-order valence-electron chi connectivity index (χ1n) is 0.871. The molecule has 0 aliphatic rings. The summed E-state index contributed by atoms with van der Waals surface area (Å²) in [6.45, 7) is 0. The van der Waals surface area contributed by atoms with Crippen molar-refractivity contribution in [1.82, 2.24) is 0 Å². The van der Waals surface area contributed by atoms with Crippen LogP contribution in [0.3, 0.4) is 0 Å². The SMILES string of the molecule is O=C([O-])O.[Cl][Pd][Cl].[K+]. The molecule has 8 heavy (non-hydrogen) atoms. The molecule has 0 aromatic heterocycles. The summed E-state index contributed by atoms with van der Waals surface area (Å²) in [7, 11) is 9.63. The van der Waals surface area contributed by atoms with E-state index in [0.29, 0.717) is 0 Å². The second-order valence-electron chi connectivity index (χ2n) is 0.311. The molecule has 7 heteroatoms. The van der Waals surface area contributed by atoms with E-state index in [1.54, 1.807) is 0 Å². The Kier molecular flexibility index (Phi) is 33.4. The molecule has 0 rings (SSSR count). The summed E-state index contributed by atoms with van der Waals surface area (Å²) in [5.74, 6) is 0. The van der Waals surface area contributed by atoms with Crippen LogP contribution >= 0.6 is 19.1 Å². The van der Waals surface area contributed by atoms with Crippen LogP contribution in [0.25, 0.3) is 0 Å². The van der Waals surface area contributed by atoms with Crippen LogP contribution in [0.4, 0.5) is 4.79 Å². The standard InChI is InChI=1S/CH2O3.2ClH.K.Pd/c2-1(3)4;;;;/h(H2,2,3,4);2*1H;;/q;;;+1;+2/p-3. The average Bonchev–Trinajstić information content (AvgIpc) is 1.33. The first-order valence-corrected chi connectivity index (χ1v) is 4.87. The molecule has 0 bridgehead atoms. The Bertz CT molecular complexity index is 48.5. The second-order valence-corrected chi connectivity index (χ2v) is 2.67. The molecule has 1 N–H and O–H groups in total. The number of halogens is 2. The van der Waals surface area contributed by atoms with Gasteiger partial charge in [-0.15, -0.1) is 0 Å². The quantitative estimate of drug-likeness (QED) is 0.489. The van der Waals surface area contributed by atoms with Gasteiger partial charge in [0.1, 0.15) is 0 Å². The van der Waals surface area contributed by atoms with Crippen LogP contribution in [0.15, 0.2) is 0 Å². The summed E-state index contributed by atoms with van der Waals surface area (Å²) >= 11 is -0.106. The van der Waals surface area contributed by atoms with Gasteiger partial charge in [0, 0.05) is 0 Å². The van der Waals surface area contributed by atoms with Gasteiger partial charge in [-0.05, 0) is 0 Å². The first kappa shape index (κ1) is 16.6. The maximum atomic E-state index is 8.44. The maximum absolute atomic E-state index is 8.44. The van der Waals surface area contributed by atoms with Gasteiger partial charge in [0.25, 0.3) is 0 Å². The Morgan fingerprint density at radius 1 is 1.62 bits per heavy atom. The molecule has 0 fully saturated rings. The average molecular weight is 277 g/mol. The van der Waals surface area contributed by atoms with Gasteiger partial charge in [0.05, 0.1) is 0 Å². The molecule has 0 aliphatic carbocycles. The summed E-state index contributed by atoms with van der Waals surface area (Å²) in [6.07, 6.45) is -2.08. The number of carbonyl (C=O) groups is 1. The van der Waals surface area contributed by atoms with Gasteiger partial charge in [-0.25, -0.2) is 0 Å². The topological polar surface area (TPSA) is 60.4 Å². The zero-order chi connectivity index (χ0) is 6.28. The summed E-state index contributed by atoms with van der Waals surface area (Å²) in [5, 5.41) is 15.3. The van der Waals surface area contributed by atoms with Crippen molar-refractivity contribution < 1.29 is 82.3 Å². The molecule has 0 aromatic rings. The summed E-state index contributed by atoms with van der Waals surface area (Å²) < 4.78 is 0. The fourth-order valence-corrected chi connectivity index (χ4v) is 0. The van der Waals surface area contributed by atoms with Crippen LogP contribution in [-0.4, -0.2) is 11.3 Å². The molecule has 0 aliphatic heterocycles. The van der Waals surface area contributed by atoms with Crippen LogP contribution in [0.5, 0.6) is 0 Å². The van der Waals surface area contributed by atoms with E-state index in [0.717, 1.165) is 0 Å². The maximum Gasteiger partial charge on any atom is 1.00 e. The monoisotopic (exact) mass is 276 g/mol. The van der Waals surface area contributed by atoms with E-state index in [1.165, 1.54) is 0 Å². The van der Waals surface area contributed by atoms with Gasteiger partial charge < -0.3 is 15.0 Å². The number of rotatable bonds is 0. The van der Waals surface area contributed by atoms with Crippen molar-refractivity contribution in [2.24, 2.45) is 0 Å². The van der Waals surface area contributed by atoms with Crippen LogP contribution in [0, 0.1) is 0 Å². The molecule has 0 atom stereocenters. The van der Waals surface area contributed by atoms with Gasteiger partial charge in [-0.1, -0.05) is 0 Å². The Labute approximate surface area is 105 Å². The smallest absolute Gasteiger partial charge is 1.00 e. The number of hydrogen-bond acceptors (Lipinski definition) is 2. The molecular formula is CHCl2KO3Pd. The van der Waals surface area contributed by atoms with Gasteiger partial charge in [0.2, 0.25) is 6.16 Å². The van der Waals surface area contributed by atoms with Crippen molar-refractivity contribution in [3.63, 3.8) is 0 Å². The molecule has 0 amide bonds. The van der Waals surface area contributed by atoms with E-state index < -0.39 is 6.16 Å². The first-order chi connectivity index (χ1) is 3.15. The normalized spacial score (nSPS) is 5.75. The van der Waals surface area contributed by atoms with Gasteiger partial charge in [-0.3, -0.25) is 0 Å². The molecule has 0 saturated carbocycles. The summed E-state index contributed by atoms with van der Waals surface area (Å²) in [4.78, 5) is 8.44. The predicted octanol–water partition coefficient (Wildman–Crippen LogP) is -2.73. The number of hydrogen-bond donors (Lipinski definition) is 1. The molecule has 0 unspecified atom stereocenters. The van der Waals surface area contributed by atoms with Crippen molar-refractivity contribution >= 4 is 25.2 Å². The molecule has 48 valence electrons. The fraction of sp³-hybridized carbons (Fsp3) is 0. The van der Waals surface area contributed by atoms with Crippen molar-refractivity contribution in [3.05, 3.63) is 0 Å². The Morgan fingerprint density at radius 3 is 1.62 bits per heavy atom. The molecule has 0 spiro atoms. The zero-order valence-electron chi connectivity index (χ0n) is 3.84. The second kappa shape index (κ2) is 16.1. The van der Waals surface area contributed by atoms with E-state index in [2.05, 4.69) is 0 Å². The van der Waals surface area contributed by atoms with E-state index >= 15 is 0 Å². The molecule has 0 saturated heterocycles. The van der Waals surface area contributed by atoms with Gasteiger partial charge in [0.15, 0.2) is 0 Å². The third-order valence-electron chi connectivity index (χ3n) is 0. The van der Waals surface area contributed by atoms with Crippen LogP contribution in [0.2, 0.25) is 0 Å². The van der Waals surface area contributed by atoms with Crippen molar-refractivity contribution in [2.45, 2.75) is 0 Å². The third kappa shape index (κ3) is 90.2. The van der Waals surface area contributed by atoms with Gasteiger partial charge >= 0.3 is 86.4 Å². The predicted molar refractivity (Wildman–Crippen MR) is 19.7 cm³/mol. The Hall–Kier alpha value is 2.15. The Morgan fingerprint density at radius 2 is 1.62 bits per heavy atom. The van der Waals surface area contributed by atoms with Crippen LogP contribution < -0.4 is 56.5 Å². The molecule has 3 nitrogen and oxygen atoms in total. The van der Waals surface area contributed by atoms with E-state index in [4.69, 9.17) is 34.1 Å². The van der Waals surface area contributed by atoms with Crippen molar-refractivity contribution in [1.29, 1.82) is 0 Å². The summed E-state index contributed by atoms with van der Waals surface area (Å²) in [6, 6.07) is 0. The molecule has 0 radical (unpaired) electrons. The van der Waals surface area contributed by atoms with Crippen molar-refractivity contribution in [2.75, 3.05) is 0 Å². The minimum atomic E-state index is -2.08. The number of carboxylic acid groups (broad SMARTS) is 2. The van der Waals surface area contributed by atoms with Crippen molar-refractivity contribution in [3.8, 4) is 0 Å². The van der Waals surface area contributed by atoms with Crippen LogP contribution in [0.1, 0.15) is 0 Å². The Balaban J connectivity index is -0.0000000575. The van der Waals surface area contributed by atoms with E-state index in [9.17, 15) is 0 Å². The van der Waals surface area contributed by atoms with E-state index in [-0.39, 0.29) is 67.3 Å². The zero-order valence-corrected chi connectivity index (χ0v) is 10.0. The molecule has 0 aromatic carbocycles.